The number of nitrogens with zero attached hydrogens (tertiary/aromatic N) is 1. The zero-order valence-electron chi connectivity index (χ0n) is 6.07. The van der Waals surface area contributed by atoms with Gasteiger partial charge in [0.15, 0.2) is 0 Å². The molecule has 64 valence electrons. The second-order valence-corrected chi connectivity index (χ2v) is 2.23. The summed E-state index contributed by atoms with van der Waals surface area (Å²) in [6.45, 7) is 0. The summed E-state index contributed by atoms with van der Waals surface area (Å²) < 4.78 is 12.3. The van der Waals surface area contributed by atoms with Crippen molar-refractivity contribution in [3.05, 3.63) is 29.8 Å². The van der Waals surface area contributed by atoms with Gasteiger partial charge in [-0.2, -0.15) is 4.39 Å². The number of hydrogen-bond donors (Lipinski definition) is 2. The molecule has 3 N–H and O–H groups in total. The molecule has 1 rings (SSSR count). The van der Waals surface area contributed by atoms with E-state index in [4.69, 9.17) is 10.8 Å². The topological polar surface area (TPSA) is 76.2 Å². The minimum Gasteiger partial charge on any atom is -0.480 e. The van der Waals surface area contributed by atoms with Crippen molar-refractivity contribution < 1.29 is 14.3 Å². The van der Waals surface area contributed by atoms with Gasteiger partial charge < -0.3 is 10.8 Å². The van der Waals surface area contributed by atoms with E-state index in [0.29, 0.717) is 0 Å². The lowest BCUT2D eigenvalue weighted by Gasteiger charge is -2.04. The van der Waals surface area contributed by atoms with Crippen LogP contribution < -0.4 is 5.73 Å². The minimum absolute atomic E-state index is 0.281. The first-order chi connectivity index (χ1) is 5.61. The predicted octanol–water partition coefficient (Wildman–Crippen LogP) is 0.305. The Kier molecular flexibility index (Phi) is 2.35. The second-order valence-electron chi connectivity index (χ2n) is 2.23. The van der Waals surface area contributed by atoms with E-state index in [2.05, 4.69) is 4.98 Å². The molecule has 0 unspecified atom stereocenters. The molecule has 1 aromatic rings. The fourth-order valence-corrected chi connectivity index (χ4v) is 0.714. The molecule has 0 spiro atoms. The van der Waals surface area contributed by atoms with Crippen molar-refractivity contribution in [3.63, 3.8) is 0 Å². The molecular formula is C7H7FN2O2. The first-order valence-electron chi connectivity index (χ1n) is 3.21. The Balaban J connectivity index is 2.89. The number of pyridine rings is 1. The first-order valence-corrected chi connectivity index (χ1v) is 3.21. The largest absolute Gasteiger partial charge is 0.480 e. The molecule has 1 heterocycles. The maximum Gasteiger partial charge on any atom is 0.325 e. The van der Waals surface area contributed by atoms with Gasteiger partial charge in [-0.25, -0.2) is 4.98 Å². The average molecular weight is 170 g/mol. The van der Waals surface area contributed by atoms with Crippen molar-refractivity contribution in [1.29, 1.82) is 0 Å². The van der Waals surface area contributed by atoms with Gasteiger partial charge in [0, 0.05) is 6.20 Å². The molecular weight excluding hydrogens is 163 g/mol. The normalized spacial score (nSPS) is 12.5. The van der Waals surface area contributed by atoms with Crippen LogP contribution in [0.5, 0.6) is 0 Å². The van der Waals surface area contributed by atoms with Gasteiger partial charge in [0.05, 0.1) is 0 Å². The Morgan fingerprint density at radius 3 is 2.75 bits per heavy atom. The molecule has 0 saturated heterocycles. The zero-order chi connectivity index (χ0) is 9.14. The summed E-state index contributed by atoms with van der Waals surface area (Å²) in [6.07, 6.45) is 1.11. The Bertz CT molecular complexity index is 286. The maximum atomic E-state index is 12.3. The summed E-state index contributed by atoms with van der Waals surface area (Å²) in [5.74, 6) is -1.82. The van der Waals surface area contributed by atoms with Crippen LogP contribution in [0.15, 0.2) is 18.3 Å². The molecule has 12 heavy (non-hydrogen) atoms. The van der Waals surface area contributed by atoms with Gasteiger partial charge in [0.1, 0.15) is 6.04 Å². The van der Waals surface area contributed by atoms with Crippen molar-refractivity contribution in [2.75, 3.05) is 0 Å². The van der Waals surface area contributed by atoms with E-state index in [1.807, 2.05) is 0 Å². The number of nitrogens with two attached hydrogens (primary N) is 1. The van der Waals surface area contributed by atoms with Crippen molar-refractivity contribution in [2.45, 2.75) is 6.04 Å². The van der Waals surface area contributed by atoms with Crippen LogP contribution in [0.25, 0.3) is 0 Å². The molecule has 0 aliphatic rings. The van der Waals surface area contributed by atoms with Crippen LogP contribution >= 0.6 is 0 Å². The zero-order valence-corrected chi connectivity index (χ0v) is 6.07. The lowest BCUT2D eigenvalue weighted by atomic mass is 10.1. The molecule has 1 aromatic heterocycles. The number of halogens is 1. The maximum absolute atomic E-state index is 12.3. The molecule has 1 atom stereocenters. The minimum atomic E-state index is -1.16. The summed E-state index contributed by atoms with van der Waals surface area (Å²) in [4.78, 5) is 13.6. The van der Waals surface area contributed by atoms with E-state index in [1.54, 1.807) is 0 Å². The third-order valence-corrected chi connectivity index (χ3v) is 1.38. The van der Waals surface area contributed by atoms with Gasteiger partial charge >= 0.3 is 5.97 Å². The number of carboxylic acid groups (broad SMARTS) is 1. The lowest BCUT2D eigenvalue weighted by Crippen LogP contribution is -2.20. The summed E-state index contributed by atoms with van der Waals surface area (Å²) in [6, 6.07) is 1.22. The van der Waals surface area contributed by atoms with E-state index < -0.39 is 18.0 Å². The Morgan fingerprint density at radius 2 is 2.33 bits per heavy atom. The van der Waals surface area contributed by atoms with Crippen LogP contribution in [0.1, 0.15) is 11.6 Å². The van der Waals surface area contributed by atoms with Crippen molar-refractivity contribution in [3.8, 4) is 0 Å². The van der Waals surface area contributed by atoms with Gasteiger partial charge in [-0.15, -0.1) is 0 Å². The number of carbonyl (C=O) groups is 1. The van der Waals surface area contributed by atoms with E-state index >= 15 is 0 Å². The Hall–Kier alpha value is -1.49. The van der Waals surface area contributed by atoms with Gasteiger partial charge in [0.25, 0.3) is 0 Å². The Morgan fingerprint density at radius 1 is 1.67 bits per heavy atom. The van der Waals surface area contributed by atoms with Crippen LogP contribution in [-0.2, 0) is 4.79 Å². The van der Waals surface area contributed by atoms with Crippen molar-refractivity contribution in [1.82, 2.24) is 4.98 Å². The van der Waals surface area contributed by atoms with E-state index in [0.717, 1.165) is 12.3 Å². The average Bonchev–Trinajstić information content (AvgIpc) is 2.04. The van der Waals surface area contributed by atoms with Gasteiger partial charge in [-0.1, -0.05) is 6.07 Å². The number of rotatable bonds is 2. The molecule has 0 radical (unpaired) electrons. The monoisotopic (exact) mass is 170 g/mol. The smallest absolute Gasteiger partial charge is 0.325 e. The summed E-state index contributed by atoms with van der Waals surface area (Å²) in [5.41, 5.74) is 5.51. The van der Waals surface area contributed by atoms with Crippen LogP contribution in [0.2, 0.25) is 0 Å². The van der Waals surface area contributed by atoms with Crippen LogP contribution in [0.4, 0.5) is 4.39 Å². The van der Waals surface area contributed by atoms with Crippen LogP contribution in [0.3, 0.4) is 0 Å². The molecule has 0 fully saturated rings. The molecule has 0 bridgehead atoms. The highest BCUT2D eigenvalue weighted by molar-refractivity contribution is 5.74. The van der Waals surface area contributed by atoms with E-state index in [1.165, 1.54) is 6.07 Å². The highest BCUT2D eigenvalue weighted by Crippen LogP contribution is 2.08. The SMILES string of the molecule is N[C@H](C(=O)O)c1ccc(F)nc1. The van der Waals surface area contributed by atoms with Gasteiger partial charge in [-0.3, -0.25) is 4.79 Å². The highest BCUT2D eigenvalue weighted by Gasteiger charge is 2.13. The van der Waals surface area contributed by atoms with Crippen LogP contribution in [-0.4, -0.2) is 16.1 Å². The van der Waals surface area contributed by atoms with E-state index in [-0.39, 0.29) is 5.56 Å². The lowest BCUT2D eigenvalue weighted by molar-refractivity contribution is -0.138. The third kappa shape index (κ3) is 1.76. The fourth-order valence-electron chi connectivity index (χ4n) is 0.714. The summed E-state index contributed by atoms with van der Waals surface area (Å²) in [7, 11) is 0. The van der Waals surface area contributed by atoms with Gasteiger partial charge in [0.2, 0.25) is 5.95 Å². The molecule has 0 aliphatic carbocycles. The van der Waals surface area contributed by atoms with Crippen molar-refractivity contribution >= 4 is 5.97 Å². The number of hydrogen-bond acceptors (Lipinski definition) is 3. The molecule has 0 amide bonds. The summed E-state index contributed by atoms with van der Waals surface area (Å²) in [5, 5.41) is 8.46. The molecule has 4 nitrogen and oxygen atoms in total. The fraction of sp³-hybridized carbons (Fsp3) is 0.143. The molecule has 0 aromatic carbocycles. The first kappa shape index (κ1) is 8.61. The van der Waals surface area contributed by atoms with Crippen molar-refractivity contribution in [2.24, 2.45) is 5.73 Å². The number of carboxylic acids is 1. The molecule has 5 heteroatoms. The summed E-state index contributed by atoms with van der Waals surface area (Å²) >= 11 is 0. The number of aliphatic carboxylic acids is 1. The second kappa shape index (κ2) is 3.27. The van der Waals surface area contributed by atoms with Gasteiger partial charge in [-0.05, 0) is 11.6 Å². The molecule has 0 aliphatic heterocycles. The van der Waals surface area contributed by atoms with E-state index in [9.17, 15) is 9.18 Å². The standard InChI is InChI=1S/C7H7FN2O2/c8-5-2-1-4(3-10-5)6(9)7(11)12/h1-3,6H,9H2,(H,11,12)/t6-/m0/s1. The Labute approximate surface area is 67.8 Å². The highest BCUT2D eigenvalue weighted by atomic mass is 19.1. The quantitative estimate of drug-likeness (QED) is 0.626. The third-order valence-electron chi connectivity index (χ3n) is 1.38. The number of aromatic nitrogens is 1. The molecule has 0 saturated carbocycles. The predicted molar refractivity (Wildman–Crippen MR) is 38.8 cm³/mol. The van der Waals surface area contributed by atoms with Crippen LogP contribution in [0, 0.1) is 5.95 Å².